The molecule has 0 unspecified atom stereocenters. The third kappa shape index (κ3) is 2.80. The van der Waals surface area contributed by atoms with E-state index in [1.165, 1.54) is 0 Å². The molecule has 6 heteroatoms. The van der Waals surface area contributed by atoms with Crippen LogP contribution in [0.4, 0.5) is 11.5 Å². The SMILES string of the molecule is Cc1nc(NC(=O)c2ccc3c(c2)CC(=O)N3)ccc1Br. The van der Waals surface area contributed by atoms with Crippen LogP contribution in [0.1, 0.15) is 21.6 Å². The zero-order valence-corrected chi connectivity index (χ0v) is 12.8. The van der Waals surface area contributed by atoms with Crippen molar-refractivity contribution in [2.24, 2.45) is 0 Å². The highest BCUT2D eigenvalue weighted by Gasteiger charge is 2.19. The topological polar surface area (TPSA) is 71.1 Å². The summed E-state index contributed by atoms with van der Waals surface area (Å²) in [6.07, 6.45) is 0.312. The fourth-order valence-corrected chi connectivity index (χ4v) is 2.39. The second kappa shape index (κ2) is 5.29. The molecule has 2 aromatic rings. The van der Waals surface area contributed by atoms with E-state index in [2.05, 4.69) is 31.5 Å². The molecule has 1 aliphatic heterocycles. The van der Waals surface area contributed by atoms with Crippen LogP contribution in [0.5, 0.6) is 0 Å². The van der Waals surface area contributed by atoms with Gasteiger partial charge in [0.05, 0.1) is 12.1 Å². The number of benzene rings is 1. The van der Waals surface area contributed by atoms with Crippen molar-refractivity contribution >= 4 is 39.2 Å². The predicted octanol–water partition coefficient (Wildman–Crippen LogP) is 2.90. The maximum absolute atomic E-state index is 12.2. The van der Waals surface area contributed by atoms with E-state index in [1.54, 1.807) is 24.3 Å². The van der Waals surface area contributed by atoms with Crippen molar-refractivity contribution in [2.75, 3.05) is 10.6 Å². The van der Waals surface area contributed by atoms with E-state index in [-0.39, 0.29) is 11.8 Å². The monoisotopic (exact) mass is 345 g/mol. The van der Waals surface area contributed by atoms with Crippen LogP contribution in [0.2, 0.25) is 0 Å². The Kier molecular flexibility index (Phi) is 3.47. The fraction of sp³-hybridized carbons (Fsp3) is 0.133. The molecule has 1 aliphatic rings. The highest BCUT2D eigenvalue weighted by atomic mass is 79.9. The Morgan fingerprint density at radius 1 is 1.33 bits per heavy atom. The van der Waals surface area contributed by atoms with Crippen LogP contribution in [0.15, 0.2) is 34.8 Å². The molecule has 2 N–H and O–H groups in total. The van der Waals surface area contributed by atoms with Crippen LogP contribution in [-0.2, 0) is 11.2 Å². The first kappa shape index (κ1) is 13.8. The van der Waals surface area contributed by atoms with Crippen LogP contribution in [0.25, 0.3) is 0 Å². The minimum absolute atomic E-state index is 0.0484. The smallest absolute Gasteiger partial charge is 0.256 e. The lowest BCUT2D eigenvalue weighted by molar-refractivity contribution is -0.115. The van der Waals surface area contributed by atoms with E-state index in [1.807, 2.05) is 13.0 Å². The number of amides is 2. The van der Waals surface area contributed by atoms with Gasteiger partial charge in [0.25, 0.3) is 5.91 Å². The molecule has 1 aromatic heterocycles. The molecule has 0 saturated heterocycles. The lowest BCUT2D eigenvalue weighted by Gasteiger charge is -2.07. The molecule has 0 atom stereocenters. The van der Waals surface area contributed by atoms with Gasteiger partial charge < -0.3 is 10.6 Å². The molecule has 0 spiro atoms. The largest absolute Gasteiger partial charge is 0.326 e. The van der Waals surface area contributed by atoms with Gasteiger partial charge in [-0.15, -0.1) is 0 Å². The second-order valence-electron chi connectivity index (χ2n) is 4.81. The molecule has 2 heterocycles. The number of aromatic nitrogens is 1. The van der Waals surface area contributed by atoms with Crippen molar-refractivity contribution in [1.29, 1.82) is 0 Å². The summed E-state index contributed by atoms with van der Waals surface area (Å²) in [5.74, 6) is 0.203. The van der Waals surface area contributed by atoms with E-state index in [9.17, 15) is 9.59 Å². The van der Waals surface area contributed by atoms with Gasteiger partial charge in [-0.1, -0.05) is 0 Å². The van der Waals surface area contributed by atoms with Crippen LogP contribution >= 0.6 is 15.9 Å². The molecule has 21 heavy (non-hydrogen) atoms. The molecule has 5 nitrogen and oxygen atoms in total. The quantitative estimate of drug-likeness (QED) is 0.878. The minimum atomic E-state index is -0.244. The number of halogens is 1. The van der Waals surface area contributed by atoms with Gasteiger partial charge in [0.15, 0.2) is 0 Å². The first-order chi connectivity index (χ1) is 10.0. The van der Waals surface area contributed by atoms with Gasteiger partial charge in [0.2, 0.25) is 5.91 Å². The molecule has 106 valence electrons. The Labute approximate surface area is 129 Å². The summed E-state index contributed by atoms with van der Waals surface area (Å²) in [6.45, 7) is 1.85. The number of carbonyl (C=O) groups is 2. The Hall–Kier alpha value is -2.21. The van der Waals surface area contributed by atoms with Gasteiger partial charge in [0, 0.05) is 15.7 Å². The van der Waals surface area contributed by atoms with Crippen LogP contribution < -0.4 is 10.6 Å². The van der Waals surface area contributed by atoms with Crippen molar-refractivity contribution in [3.05, 3.63) is 51.6 Å². The Morgan fingerprint density at radius 3 is 2.90 bits per heavy atom. The molecule has 0 bridgehead atoms. The summed E-state index contributed by atoms with van der Waals surface area (Å²) in [6, 6.07) is 8.73. The van der Waals surface area contributed by atoms with Gasteiger partial charge in [-0.05, 0) is 58.7 Å². The number of aryl methyl sites for hydroxylation is 1. The van der Waals surface area contributed by atoms with Crippen LogP contribution in [-0.4, -0.2) is 16.8 Å². The van der Waals surface area contributed by atoms with E-state index in [0.29, 0.717) is 17.8 Å². The number of carbonyl (C=O) groups excluding carboxylic acids is 2. The van der Waals surface area contributed by atoms with Gasteiger partial charge in [-0.25, -0.2) is 4.98 Å². The third-order valence-corrected chi connectivity index (χ3v) is 4.09. The maximum atomic E-state index is 12.2. The van der Waals surface area contributed by atoms with Gasteiger partial charge in [0.1, 0.15) is 5.82 Å². The van der Waals surface area contributed by atoms with Crippen molar-refractivity contribution < 1.29 is 9.59 Å². The molecular weight excluding hydrogens is 334 g/mol. The summed E-state index contributed by atoms with van der Waals surface area (Å²) in [7, 11) is 0. The number of anilines is 2. The summed E-state index contributed by atoms with van der Waals surface area (Å²) in [5, 5.41) is 5.49. The van der Waals surface area contributed by atoms with Crippen LogP contribution in [0, 0.1) is 6.92 Å². The number of fused-ring (bicyclic) bond motifs is 1. The number of nitrogens with one attached hydrogen (secondary N) is 2. The Bertz CT molecular complexity index is 759. The molecule has 0 aliphatic carbocycles. The molecule has 3 rings (SSSR count). The first-order valence-corrected chi connectivity index (χ1v) is 7.19. The zero-order chi connectivity index (χ0) is 15.0. The molecule has 1 aromatic carbocycles. The molecular formula is C15H12BrN3O2. The Balaban J connectivity index is 1.81. The summed E-state index contributed by atoms with van der Waals surface area (Å²) >= 11 is 3.37. The van der Waals surface area contributed by atoms with E-state index in [0.717, 1.165) is 21.4 Å². The van der Waals surface area contributed by atoms with Gasteiger partial charge in [-0.3, -0.25) is 9.59 Å². The Morgan fingerprint density at radius 2 is 2.14 bits per heavy atom. The van der Waals surface area contributed by atoms with E-state index >= 15 is 0 Å². The summed E-state index contributed by atoms with van der Waals surface area (Å²) in [4.78, 5) is 27.8. The number of hydrogen-bond donors (Lipinski definition) is 2. The number of rotatable bonds is 2. The van der Waals surface area contributed by atoms with E-state index in [4.69, 9.17) is 0 Å². The molecule has 0 saturated carbocycles. The summed E-state index contributed by atoms with van der Waals surface area (Å²) in [5.41, 5.74) is 2.92. The molecule has 0 radical (unpaired) electrons. The number of hydrogen-bond acceptors (Lipinski definition) is 3. The predicted molar refractivity (Wildman–Crippen MR) is 83.4 cm³/mol. The second-order valence-corrected chi connectivity index (χ2v) is 5.67. The first-order valence-electron chi connectivity index (χ1n) is 6.40. The fourth-order valence-electron chi connectivity index (χ4n) is 2.17. The van der Waals surface area contributed by atoms with Gasteiger partial charge in [-0.2, -0.15) is 0 Å². The van der Waals surface area contributed by atoms with Crippen molar-refractivity contribution in [1.82, 2.24) is 4.98 Å². The average Bonchev–Trinajstić information content (AvgIpc) is 2.82. The normalized spacial score (nSPS) is 12.8. The van der Waals surface area contributed by atoms with Crippen molar-refractivity contribution in [3.8, 4) is 0 Å². The van der Waals surface area contributed by atoms with Crippen molar-refractivity contribution in [2.45, 2.75) is 13.3 Å². The van der Waals surface area contributed by atoms with Crippen LogP contribution in [0.3, 0.4) is 0 Å². The lowest BCUT2D eigenvalue weighted by atomic mass is 10.1. The average molecular weight is 346 g/mol. The number of pyridine rings is 1. The minimum Gasteiger partial charge on any atom is -0.326 e. The van der Waals surface area contributed by atoms with E-state index < -0.39 is 0 Å². The highest BCUT2D eigenvalue weighted by Crippen LogP contribution is 2.24. The highest BCUT2D eigenvalue weighted by molar-refractivity contribution is 9.10. The zero-order valence-electron chi connectivity index (χ0n) is 11.2. The molecule has 2 amide bonds. The lowest BCUT2D eigenvalue weighted by Crippen LogP contribution is -2.13. The van der Waals surface area contributed by atoms with Gasteiger partial charge >= 0.3 is 0 Å². The van der Waals surface area contributed by atoms with Crippen molar-refractivity contribution in [3.63, 3.8) is 0 Å². The third-order valence-electron chi connectivity index (χ3n) is 3.26. The maximum Gasteiger partial charge on any atom is 0.256 e. The number of nitrogens with zero attached hydrogens (tertiary/aromatic N) is 1. The summed E-state index contributed by atoms with van der Waals surface area (Å²) < 4.78 is 0.891. The standard InChI is InChI=1S/C15H12BrN3O2/c1-8-11(16)3-5-13(17-8)19-15(21)9-2-4-12-10(6-9)7-14(20)18-12/h2-6H,7H2,1H3,(H,18,20)(H,17,19,21). The molecule has 0 fully saturated rings.